The van der Waals surface area contributed by atoms with Crippen LogP contribution in [0, 0.1) is 0 Å². The summed E-state index contributed by atoms with van der Waals surface area (Å²) in [6.07, 6.45) is 0.638. The molecule has 36 heavy (non-hydrogen) atoms. The molecule has 1 unspecified atom stereocenters. The number of aliphatic hydroxyl groups is 1. The Bertz CT molecular complexity index is 1200. The van der Waals surface area contributed by atoms with Crippen LogP contribution in [0.4, 0.5) is 16.2 Å². The fraction of sp³-hybridized carbons (Fsp3) is 0.286. The number of anilines is 2. The molecular weight excluding hydrogens is 526 g/mol. The molecule has 1 atom stereocenters. The molecule has 0 aromatic heterocycles. The summed E-state index contributed by atoms with van der Waals surface area (Å²) < 4.78 is 17.2. The number of carbonyl (C=O) groups excluding carboxylic acids is 2. The molecule has 8 heteroatoms. The molecule has 4 rings (SSSR count). The minimum atomic E-state index is -1.22. The zero-order valence-electron chi connectivity index (χ0n) is 20.0. The predicted molar refractivity (Wildman–Crippen MR) is 140 cm³/mol. The Morgan fingerprint density at radius 3 is 2.42 bits per heavy atom. The maximum Gasteiger partial charge on any atom is 0.419 e. The molecule has 0 saturated heterocycles. The summed E-state index contributed by atoms with van der Waals surface area (Å²) in [7, 11) is 0. The molecule has 0 fully saturated rings. The van der Waals surface area contributed by atoms with E-state index >= 15 is 0 Å². The summed E-state index contributed by atoms with van der Waals surface area (Å²) in [6, 6.07) is 22.1. The largest absolute Gasteiger partial charge is 0.482 e. The summed E-state index contributed by atoms with van der Waals surface area (Å²) in [6.45, 7) is 1.72. The average molecular weight is 554 g/mol. The van der Waals surface area contributed by atoms with E-state index in [1.54, 1.807) is 13.0 Å². The lowest BCUT2D eigenvalue weighted by atomic mass is 9.80. The number of nitrogens with zero attached hydrogens (tertiary/aromatic N) is 1. The monoisotopic (exact) mass is 553 g/mol. The Morgan fingerprint density at radius 1 is 0.972 bits per heavy atom. The van der Waals surface area contributed by atoms with Crippen molar-refractivity contribution < 1.29 is 28.9 Å². The van der Waals surface area contributed by atoms with Crippen molar-refractivity contribution in [3.8, 4) is 5.75 Å². The van der Waals surface area contributed by atoms with Gasteiger partial charge in [-0.15, -0.1) is 0 Å². The molecule has 1 amide bonds. The predicted octanol–water partition coefficient (Wildman–Crippen LogP) is 5.59. The van der Waals surface area contributed by atoms with Crippen LogP contribution in [0.1, 0.15) is 24.5 Å². The highest BCUT2D eigenvalue weighted by atomic mass is 79.9. The van der Waals surface area contributed by atoms with Crippen molar-refractivity contribution in [1.29, 1.82) is 0 Å². The van der Waals surface area contributed by atoms with Gasteiger partial charge in [0.25, 0.3) is 0 Å². The van der Waals surface area contributed by atoms with Crippen molar-refractivity contribution in [1.82, 2.24) is 0 Å². The van der Waals surface area contributed by atoms with E-state index in [2.05, 4.69) is 15.9 Å². The topological polar surface area (TPSA) is 85.3 Å². The Labute approximate surface area is 218 Å². The van der Waals surface area contributed by atoms with Gasteiger partial charge in [-0.05, 0) is 73.4 Å². The molecule has 1 N–H and O–H groups in total. The minimum Gasteiger partial charge on any atom is -0.482 e. The third-order valence-electron chi connectivity index (χ3n) is 5.99. The number of hydrogen-bond acceptors (Lipinski definition) is 6. The van der Waals surface area contributed by atoms with Crippen molar-refractivity contribution in [2.75, 3.05) is 24.7 Å². The molecule has 0 saturated carbocycles. The van der Waals surface area contributed by atoms with Crippen molar-refractivity contribution in [3.63, 3.8) is 0 Å². The fourth-order valence-electron chi connectivity index (χ4n) is 4.25. The Kier molecular flexibility index (Phi) is 8.28. The number of esters is 1. The number of halogens is 1. The summed E-state index contributed by atoms with van der Waals surface area (Å²) in [4.78, 5) is 26.4. The third kappa shape index (κ3) is 6.25. The summed E-state index contributed by atoms with van der Waals surface area (Å²) in [5, 5.41) is 11.3. The van der Waals surface area contributed by atoms with Crippen molar-refractivity contribution in [3.05, 3.63) is 88.4 Å². The van der Waals surface area contributed by atoms with Crippen LogP contribution in [0.2, 0.25) is 0 Å². The van der Waals surface area contributed by atoms with Crippen LogP contribution in [0.5, 0.6) is 5.75 Å². The lowest BCUT2D eigenvalue weighted by molar-refractivity contribution is -0.145. The molecule has 7 nitrogen and oxygen atoms in total. The van der Waals surface area contributed by atoms with E-state index < -0.39 is 17.7 Å². The van der Waals surface area contributed by atoms with Gasteiger partial charge in [0.1, 0.15) is 18.0 Å². The van der Waals surface area contributed by atoms with Gasteiger partial charge in [0, 0.05) is 10.9 Å². The van der Waals surface area contributed by atoms with E-state index in [-0.39, 0.29) is 13.2 Å². The first-order valence-corrected chi connectivity index (χ1v) is 12.6. The second-order valence-electron chi connectivity index (χ2n) is 8.59. The fourth-order valence-corrected chi connectivity index (χ4v) is 4.51. The molecule has 188 valence electrons. The van der Waals surface area contributed by atoms with Gasteiger partial charge in [0.05, 0.1) is 18.0 Å². The van der Waals surface area contributed by atoms with E-state index in [0.29, 0.717) is 43.0 Å². The second kappa shape index (κ2) is 11.6. The van der Waals surface area contributed by atoms with Gasteiger partial charge in [-0.1, -0.05) is 46.3 Å². The quantitative estimate of drug-likeness (QED) is 0.366. The Balaban J connectivity index is 1.45. The van der Waals surface area contributed by atoms with E-state index in [1.807, 2.05) is 66.7 Å². The van der Waals surface area contributed by atoms with Crippen LogP contribution in [-0.2, 0) is 27.1 Å². The number of fused-ring (bicyclic) bond motifs is 1. The highest BCUT2D eigenvalue weighted by Crippen LogP contribution is 2.35. The van der Waals surface area contributed by atoms with Crippen LogP contribution in [0.25, 0.3) is 0 Å². The molecule has 0 bridgehead atoms. The smallest absolute Gasteiger partial charge is 0.419 e. The molecular formula is C28H28BrNO6. The second-order valence-corrected chi connectivity index (χ2v) is 9.51. The zero-order valence-corrected chi connectivity index (χ0v) is 21.6. The van der Waals surface area contributed by atoms with Gasteiger partial charge in [0.2, 0.25) is 0 Å². The number of rotatable bonds is 8. The number of hydrogen-bond donors (Lipinski definition) is 1. The molecule has 1 aliphatic carbocycles. The van der Waals surface area contributed by atoms with Gasteiger partial charge < -0.3 is 19.3 Å². The van der Waals surface area contributed by atoms with E-state index in [1.165, 1.54) is 4.90 Å². The first kappa shape index (κ1) is 25.7. The van der Waals surface area contributed by atoms with Crippen LogP contribution in [-0.4, -0.2) is 42.6 Å². The average Bonchev–Trinajstić information content (AvgIpc) is 2.88. The Morgan fingerprint density at radius 2 is 1.69 bits per heavy atom. The van der Waals surface area contributed by atoms with Crippen LogP contribution < -0.4 is 9.64 Å². The van der Waals surface area contributed by atoms with E-state index in [4.69, 9.17) is 14.2 Å². The zero-order chi connectivity index (χ0) is 25.5. The first-order chi connectivity index (χ1) is 17.4. The number of carbonyl (C=O) groups is 2. The van der Waals surface area contributed by atoms with Crippen molar-refractivity contribution in [2.24, 2.45) is 0 Å². The lowest BCUT2D eigenvalue weighted by Gasteiger charge is -2.34. The maximum absolute atomic E-state index is 13.2. The SMILES string of the molecule is CCOC(=O)COc1cccc2c1CCC(O)(COC(=O)N(c1ccccc1)c1ccc(Br)cc1)C2. The van der Waals surface area contributed by atoms with Gasteiger partial charge in [-0.3, -0.25) is 0 Å². The van der Waals surface area contributed by atoms with Crippen LogP contribution in [0.15, 0.2) is 77.3 Å². The van der Waals surface area contributed by atoms with Crippen molar-refractivity contribution >= 4 is 39.4 Å². The third-order valence-corrected chi connectivity index (χ3v) is 6.52. The molecule has 3 aromatic rings. The van der Waals surface area contributed by atoms with Crippen molar-refractivity contribution in [2.45, 2.75) is 31.8 Å². The first-order valence-electron chi connectivity index (χ1n) is 11.8. The normalized spacial score (nSPS) is 16.5. The minimum absolute atomic E-state index is 0.154. The Hall–Kier alpha value is -3.36. The van der Waals surface area contributed by atoms with Gasteiger partial charge in [-0.2, -0.15) is 0 Å². The molecule has 3 aromatic carbocycles. The molecule has 0 spiro atoms. The van der Waals surface area contributed by atoms with Gasteiger partial charge in [-0.25, -0.2) is 14.5 Å². The number of benzene rings is 3. The highest BCUT2D eigenvalue weighted by molar-refractivity contribution is 9.10. The van der Waals surface area contributed by atoms with Crippen LogP contribution >= 0.6 is 15.9 Å². The molecule has 0 radical (unpaired) electrons. The summed E-state index contributed by atoms with van der Waals surface area (Å²) in [5.41, 5.74) is 1.94. The van der Waals surface area contributed by atoms with Gasteiger partial charge in [0.15, 0.2) is 6.61 Å². The summed E-state index contributed by atoms with van der Waals surface area (Å²) >= 11 is 3.42. The van der Waals surface area contributed by atoms with E-state index in [0.717, 1.165) is 15.6 Å². The number of para-hydroxylation sites is 1. The highest BCUT2D eigenvalue weighted by Gasteiger charge is 2.35. The number of amides is 1. The summed E-state index contributed by atoms with van der Waals surface area (Å²) in [5.74, 6) is 0.174. The standard InChI is InChI=1S/C28H28BrNO6/c1-2-34-26(31)18-35-25-10-6-7-20-17-28(33,16-15-24(20)25)19-36-27(32)30(22-8-4-3-5-9-22)23-13-11-21(29)12-14-23/h3-14,33H,2,15-19H2,1H3. The molecule has 0 aliphatic heterocycles. The maximum atomic E-state index is 13.2. The molecule has 1 aliphatic rings. The molecule has 0 heterocycles. The van der Waals surface area contributed by atoms with Gasteiger partial charge >= 0.3 is 12.1 Å². The van der Waals surface area contributed by atoms with Crippen LogP contribution in [0.3, 0.4) is 0 Å². The number of ether oxygens (including phenoxy) is 3. The lowest BCUT2D eigenvalue weighted by Crippen LogP contribution is -2.42. The van der Waals surface area contributed by atoms with E-state index in [9.17, 15) is 14.7 Å².